The number of carbonyl (C=O) groups excluding carboxylic acids is 1. The zero-order valence-corrected chi connectivity index (χ0v) is 25.6. The Kier molecular flexibility index (Phi) is 15.9. The topological polar surface area (TPSA) is 289 Å². The number of nitrogens with one attached hydrogen (secondary N) is 1. The van der Waals surface area contributed by atoms with Gasteiger partial charge in [0.15, 0.2) is 5.96 Å². The minimum Gasteiger partial charge on any atom is -0.481 e. The average Bonchev–Trinajstić information content (AvgIpc) is 2.97. The van der Waals surface area contributed by atoms with Gasteiger partial charge in [-0.15, -0.1) is 0 Å². The number of carbonyl (C=O) groups is 5. The summed E-state index contributed by atoms with van der Waals surface area (Å²) in [5, 5.41) is 34.5. The highest BCUT2D eigenvalue weighted by Crippen LogP contribution is 2.19. The smallest absolute Gasteiger partial charge is 0.481 e. The van der Waals surface area contributed by atoms with E-state index in [0.29, 0.717) is 22.0 Å². The van der Waals surface area contributed by atoms with Crippen molar-refractivity contribution in [3.63, 3.8) is 0 Å². The molecule has 0 aromatic heterocycles. The van der Waals surface area contributed by atoms with Gasteiger partial charge in [-0.3, -0.25) is 14.4 Å². The number of rotatable bonds is 17. The number of unbranched alkanes of at least 4 members (excludes halogenated alkanes) is 2. The quantitative estimate of drug-likeness (QED) is 0.0405. The van der Waals surface area contributed by atoms with Gasteiger partial charge < -0.3 is 36.6 Å². The van der Waals surface area contributed by atoms with E-state index < -0.39 is 58.7 Å². The molecule has 0 bridgehead atoms. The van der Waals surface area contributed by atoms with Crippen molar-refractivity contribution in [2.45, 2.75) is 50.9 Å². The van der Waals surface area contributed by atoms with Gasteiger partial charge in [0.2, 0.25) is 0 Å². The predicted molar refractivity (Wildman–Crippen MR) is 159 cm³/mol. The van der Waals surface area contributed by atoms with Crippen molar-refractivity contribution >= 4 is 51.7 Å². The fourth-order valence-electron chi connectivity index (χ4n) is 3.56. The van der Waals surface area contributed by atoms with Crippen molar-refractivity contribution in [1.29, 1.82) is 0 Å². The van der Waals surface area contributed by atoms with E-state index in [9.17, 15) is 45.9 Å². The summed E-state index contributed by atoms with van der Waals surface area (Å²) in [6, 6.07) is 9.94. The van der Waals surface area contributed by atoms with Crippen LogP contribution in [0.5, 0.6) is 5.75 Å². The zero-order valence-electron chi connectivity index (χ0n) is 24.8. The summed E-state index contributed by atoms with van der Waals surface area (Å²) in [5.74, 6) is -7.54. The number of nitrogens with two attached hydrogens (primary N) is 2. The minimum atomic E-state index is -5.08. The van der Waals surface area contributed by atoms with Gasteiger partial charge in [-0.05, 0) is 54.8 Å². The summed E-state index contributed by atoms with van der Waals surface area (Å²) in [4.78, 5) is 58.8. The molecule has 0 fully saturated rings. The molecule has 0 amide bonds. The first-order valence-electron chi connectivity index (χ1n) is 13.5. The normalized spacial score (nSPS) is 11.8. The maximum Gasteiger partial charge on any atom is 0.490 e. The Morgan fingerprint density at radius 1 is 0.875 bits per heavy atom. The van der Waals surface area contributed by atoms with E-state index in [0.717, 1.165) is 0 Å². The van der Waals surface area contributed by atoms with Gasteiger partial charge in [0.25, 0.3) is 10.2 Å². The number of aliphatic imine (C=N–C) groups is 1. The van der Waals surface area contributed by atoms with Crippen LogP contribution in [-0.2, 0) is 35.9 Å². The van der Waals surface area contributed by atoms with Gasteiger partial charge in [0.1, 0.15) is 11.8 Å². The number of esters is 1. The summed E-state index contributed by atoms with van der Waals surface area (Å²) in [6.45, 7) is -0.612. The third-order valence-corrected chi connectivity index (χ3v) is 7.34. The number of ether oxygens (including phenoxy) is 1. The Morgan fingerprint density at radius 3 is 1.90 bits per heavy atom. The number of carboxylic acid groups (broad SMARTS) is 4. The number of guanidine groups is 1. The Morgan fingerprint density at radius 2 is 1.44 bits per heavy atom. The lowest BCUT2D eigenvalue weighted by molar-refractivity contribution is -0.192. The molecule has 0 aliphatic carbocycles. The van der Waals surface area contributed by atoms with Gasteiger partial charge in [0, 0.05) is 19.5 Å². The Bertz CT molecular complexity index is 1560. The van der Waals surface area contributed by atoms with E-state index in [-0.39, 0.29) is 49.6 Å². The predicted octanol–water partition coefficient (Wildman–Crippen LogP) is 1.65. The third-order valence-electron chi connectivity index (χ3n) is 5.77. The van der Waals surface area contributed by atoms with Crippen LogP contribution in [-0.4, -0.2) is 87.7 Å². The Balaban J connectivity index is 0.00000148. The molecule has 0 unspecified atom stereocenters. The molecule has 2 aromatic carbocycles. The number of hydrogen-bond donors (Lipinski definition) is 7. The maximum absolute atomic E-state index is 13.0. The first-order chi connectivity index (χ1) is 22.2. The molecule has 0 saturated carbocycles. The lowest BCUT2D eigenvalue weighted by Crippen LogP contribution is -2.51. The fourth-order valence-corrected chi connectivity index (χ4v) is 4.95. The van der Waals surface area contributed by atoms with Crippen LogP contribution in [0.15, 0.2) is 53.5 Å². The fraction of sp³-hybridized carbons (Fsp3) is 0.333. The second-order valence-electron chi connectivity index (χ2n) is 9.51. The third kappa shape index (κ3) is 15.3. The van der Waals surface area contributed by atoms with Crippen molar-refractivity contribution in [1.82, 2.24) is 9.03 Å². The van der Waals surface area contributed by atoms with Crippen LogP contribution in [0.4, 0.5) is 18.9 Å². The van der Waals surface area contributed by atoms with E-state index in [1.165, 1.54) is 48.5 Å². The number of benzene rings is 2. The van der Waals surface area contributed by atoms with E-state index >= 15 is 0 Å². The molecule has 0 radical (unpaired) electrons. The molecule has 264 valence electrons. The molecule has 21 heteroatoms. The van der Waals surface area contributed by atoms with Crippen LogP contribution < -0.4 is 20.9 Å². The van der Waals surface area contributed by atoms with Crippen LogP contribution in [0.25, 0.3) is 0 Å². The molecule has 0 saturated heterocycles. The van der Waals surface area contributed by atoms with Crippen LogP contribution >= 0.6 is 0 Å². The van der Waals surface area contributed by atoms with Crippen molar-refractivity contribution in [2.24, 2.45) is 16.5 Å². The second kappa shape index (κ2) is 18.8. The zero-order chi connectivity index (χ0) is 36.7. The molecule has 0 aliphatic heterocycles. The molecule has 2 aromatic rings. The number of nitrogens with zero attached hydrogens (tertiary/aromatic N) is 2. The first-order valence-corrected chi connectivity index (χ1v) is 14.9. The summed E-state index contributed by atoms with van der Waals surface area (Å²) >= 11 is 0. The minimum absolute atomic E-state index is 0.120. The molecular weight excluding hydrogens is 675 g/mol. The highest BCUT2D eigenvalue weighted by molar-refractivity contribution is 7.87. The summed E-state index contributed by atoms with van der Waals surface area (Å²) in [5.41, 5.74) is 11.7. The second-order valence-corrected chi connectivity index (χ2v) is 11.2. The monoisotopic (exact) mass is 707 g/mol. The van der Waals surface area contributed by atoms with Crippen LogP contribution in [0.3, 0.4) is 0 Å². The Hall–Kier alpha value is -5.28. The molecule has 1 atom stereocenters. The van der Waals surface area contributed by atoms with E-state index in [1.54, 1.807) is 0 Å². The number of hydrogen-bond acceptors (Lipinski definition) is 9. The number of halogens is 3. The summed E-state index contributed by atoms with van der Waals surface area (Å²) < 4.78 is 65.9. The number of aliphatic carboxylic acids is 4. The molecule has 0 heterocycles. The lowest BCUT2D eigenvalue weighted by Gasteiger charge is -2.27. The standard InChI is InChI=1S/C25H31N5O10S.C2HF3O2/c26-25(27)29-18-9-7-17(8-10-18)24(37)40-19-11-5-16(6-12-19)15-28-41(38,39)30(13-3-1-2-4-21(31)32)20(23(35)36)14-22(33)34;3-2(4,5)1(6)7/h5-12,20,28H,1-4,13-15H2,(H,31,32)(H,33,34)(H,35,36)(H4,26,27,29);(H,6,7)/t20-;/m0./s1. The van der Waals surface area contributed by atoms with Crippen molar-refractivity contribution in [3.05, 3.63) is 59.7 Å². The highest BCUT2D eigenvalue weighted by atomic mass is 32.2. The summed E-state index contributed by atoms with van der Waals surface area (Å²) in [6.07, 6.45) is -5.54. The van der Waals surface area contributed by atoms with Gasteiger partial charge in [0.05, 0.1) is 17.7 Å². The van der Waals surface area contributed by atoms with Gasteiger partial charge >= 0.3 is 36.0 Å². The molecule has 17 nitrogen and oxygen atoms in total. The highest BCUT2D eigenvalue weighted by Gasteiger charge is 2.38. The maximum atomic E-state index is 13.0. The van der Waals surface area contributed by atoms with E-state index in [2.05, 4.69) is 9.71 Å². The van der Waals surface area contributed by atoms with Crippen LogP contribution in [0.2, 0.25) is 0 Å². The van der Waals surface area contributed by atoms with Gasteiger partial charge in [-0.25, -0.2) is 14.6 Å². The van der Waals surface area contributed by atoms with Gasteiger partial charge in [-0.1, -0.05) is 18.6 Å². The largest absolute Gasteiger partial charge is 0.490 e. The van der Waals surface area contributed by atoms with E-state index in [4.69, 9.17) is 36.3 Å². The summed E-state index contributed by atoms with van der Waals surface area (Å²) in [7, 11) is -4.48. The molecule has 0 spiro atoms. The molecule has 9 N–H and O–H groups in total. The van der Waals surface area contributed by atoms with Crippen LogP contribution in [0, 0.1) is 0 Å². The van der Waals surface area contributed by atoms with Crippen molar-refractivity contribution in [2.75, 3.05) is 6.54 Å². The number of carboxylic acids is 4. The molecule has 48 heavy (non-hydrogen) atoms. The molecule has 2 rings (SSSR count). The average molecular weight is 708 g/mol. The number of alkyl halides is 3. The Labute approximate surface area is 270 Å². The van der Waals surface area contributed by atoms with Crippen LogP contribution in [0.1, 0.15) is 48.0 Å². The lowest BCUT2D eigenvalue weighted by atomic mass is 10.1. The van der Waals surface area contributed by atoms with Crippen molar-refractivity contribution in [3.8, 4) is 5.75 Å². The molecule has 0 aliphatic rings. The van der Waals surface area contributed by atoms with Gasteiger partial charge in [-0.2, -0.15) is 30.6 Å². The molecular formula is C27H32F3N5O12S. The SMILES string of the molecule is NC(N)=Nc1ccc(C(=O)Oc2ccc(CNS(=O)(=O)N(CCCCCC(=O)O)[C@@H](CC(=O)O)C(=O)O)cc2)cc1.O=C(O)C(F)(F)F. The first kappa shape index (κ1) is 40.7. The van der Waals surface area contributed by atoms with Crippen molar-refractivity contribution < 1.29 is 70.7 Å². The van der Waals surface area contributed by atoms with E-state index in [1.807, 2.05) is 0 Å².